The number of nitrogens with one attached hydrogen (secondary N) is 2. The van der Waals surface area contributed by atoms with Gasteiger partial charge >= 0.3 is 0 Å². The van der Waals surface area contributed by atoms with Gasteiger partial charge in [-0.15, -0.1) is 0 Å². The van der Waals surface area contributed by atoms with Crippen LogP contribution in [0.4, 0.5) is 11.4 Å². The fourth-order valence-electron chi connectivity index (χ4n) is 1.47. The van der Waals surface area contributed by atoms with Crippen LogP contribution in [-0.2, 0) is 4.79 Å². The maximum atomic E-state index is 11.6. The van der Waals surface area contributed by atoms with E-state index < -0.39 is 4.92 Å². The zero-order valence-electron chi connectivity index (χ0n) is 10.9. The summed E-state index contributed by atoms with van der Waals surface area (Å²) in [7, 11) is 1.42. The summed E-state index contributed by atoms with van der Waals surface area (Å²) in [6.07, 6.45) is 0.913. The van der Waals surface area contributed by atoms with E-state index in [4.69, 9.17) is 4.74 Å². The number of ether oxygens (including phenoxy) is 1. The van der Waals surface area contributed by atoms with Gasteiger partial charge in [0.15, 0.2) is 0 Å². The third kappa shape index (κ3) is 4.55. The van der Waals surface area contributed by atoms with E-state index in [-0.39, 0.29) is 23.8 Å². The second kappa shape index (κ2) is 7.32. The lowest BCUT2D eigenvalue weighted by molar-refractivity contribution is -0.384. The van der Waals surface area contributed by atoms with Crippen LogP contribution in [0.1, 0.15) is 13.3 Å². The third-order valence-electron chi connectivity index (χ3n) is 2.39. The van der Waals surface area contributed by atoms with Crippen molar-refractivity contribution in [1.29, 1.82) is 0 Å². The molecule has 0 saturated carbocycles. The Morgan fingerprint density at radius 1 is 1.47 bits per heavy atom. The van der Waals surface area contributed by atoms with Crippen LogP contribution in [0.3, 0.4) is 0 Å². The molecule has 0 spiro atoms. The largest absolute Gasteiger partial charge is 0.496 e. The summed E-state index contributed by atoms with van der Waals surface area (Å²) < 4.78 is 4.91. The minimum atomic E-state index is -0.558. The highest BCUT2D eigenvalue weighted by Gasteiger charge is 2.16. The summed E-state index contributed by atoms with van der Waals surface area (Å²) in [6, 6.07) is 4.28. The highest BCUT2D eigenvalue weighted by Crippen LogP contribution is 2.28. The first-order valence-corrected chi connectivity index (χ1v) is 5.91. The third-order valence-corrected chi connectivity index (χ3v) is 2.39. The molecule has 0 aliphatic carbocycles. The molecule has 0 unspecified atom stereocenters. The van der Waals surface area contributed by atoms with Crippen molar-refractivity contribution in [2.75, 3.05) is 25.5 Å². The predicted molar refractivity (Wildman–Crippen MR) is 71.4 cm³/mol. The first-order valence-electron chi connectivity index (χ1n) is 5.91. The lowest BCUT2D eigenvalue weighted by Gasteiger charge is -2.08. The second-order valence-corrected chi connectivity index (χ2v) is 3.87. The molecule has 104 valence electrons. The molecule has 0 saturated heterocycles. The van der Waals surface area contributed by atoms with Gasteiger partial charge in [-0.1, -0.05) is 6.92 Å². The number of rotatable bonds is 7. The first-order chi connectivity index (χ1) is 9.08. The van der Waals surface area contributed by atoms with Crippen molar-refractivity contribution in [3.8, 4) is 5.75 Å². The Labute approximate surface area is 111 Å². The Balaban J connectivity index is 2.77. The number of nitro groups is 1. The van der Waals surface area contributed by atoms with Crippen molar-refractivity contribution in [1.82, 2.24) is 5.32 Å². The van der Waals surface area contributed by atoms with Gasteiger partial charge in [0.25, 0.3) is 5.69 Å². The number of methoxy groups -OCH3 is 1. The quantitative estimate of drug-likeness (QED) is 0.444. The van der Waals surface area contributed by atoms with E-state index in [0.717, 1.165) is 13.0 Å². The van der Waals surface area contributed by atoms with Crippen molar-refractivity contribution < 1.29 is 14.5 Å². The summed E-state index contributed by atoms with van der Waals surface area (Å²) in [5, 5.41) is 16.3. The number of anilines is 1. The number of amides is 1. The standard InChI is InChI=1S/C12H17N3O4/c1-3-6-13-8-12(16)14-10-5-4-9(19-2)7-11(10)15(17)18/h4-5,7,13H,3,6,8H2,1-2H3,(H,14,16). The number of carbonyl (C=O) groups is 1. The molecule has 0 aliphatic rings. The molecular weight excluding hydrogens is 250 g/mol. The predicted octanol–water partition coefficient (Wildman–Crippen LogP) is 1.54. The number of hydrogen-bond donors (Lipinski definition) is 2. The SMILES string of the molecule is CCCNCC(=O)Nc1ccc(OC)cc1[N+](=O)[O-]. The Hall–Kier alpha value is -2.15. The maximum absolute atomic E-state index is 11.6. The van der Waals surface area contributed by atoms with Crippen LogP contribution >= 0.6 is 0 Å². The van der Waals surface area contributed by atoms with Gasteiger partial charge in [-0.2, -0.15) is 0 Å². The van der Waals surface area contributed by atoms with Crippen LogP contribution in [0.2, 0.25) is 0 Å². The molecule has 0 heterocycles. The van der Waals surface area contributed by atoms with Gasteiger partial charge in [-0.25, -0.2) is 0 Å². The van der Waals surface area contributed by atoms with Crippen molar-refractivity contribution >= 4 is 17.3 Å². The van der Waals surface area contributed by atoms with E-state index in [2.05, 4.69) is 10.6 Å². The van der Waals surface area contributed by atoms with E-state index in [9.17, 15) is 14.9 Å². The number of carbonyl (C=O) groups excluding carboxylic acids is 1. The molecule has 0 bridgehead atoms. The summed E-state index contributed by atoms with van der Waals surface area (Å²) in [6.45, 7) is 2.83. The monoisotopic (exact) mass is 267 g/mol. The Bertz CT molecular complexity index is 462. The summed E-state index contributed by atoms with van der Waals surface area (Å²) in [5.74, 6) is 0.0514. The molecule has 0 fully saturated rings. The van der Waals surface area contributed by atoms with Gasteiger partial charge in [0.1, 0.15) is 11.4 Å². The van der Waals surface area contributed by atoms with Gasteiger partial charge in [-0.3, -0.25) is 14.9 Å². The van der Waals surface area contributed by atoms with Gasteiger partial charge in [0, 0.05) is 0 Å². The molecule has 0 radical (unpaired) electrons. The average Bonchev–Trinajstić information content (AvgIpc) is 2.39. The number of benzene rings is 1. The van der Waals surface area contributed by atoms with Crippen LogP contribution in [0.15, 0.2) is 18.2 Å². The number of hydrogen-bond acceptors (Lipinski definition) is 5. The minimum absolute atomic E-state index is 0.122. The Morgan fingerprint density at radius 2 is 2.21 bits per heavy atom. The fraction of sp³-hybridized carbons (Fsp3) is 0.417. The smallest absolute Gasteiger partial charge is 0.296 e. The van der Waals surface area contributed by atoms with Gasteiger partial charge in [-0.05, 0) is 25.1 Å². The highest BCUT2D eigenvalue weighted by atomic mass is 16.6. The zero-order valence-corrected chi connectivity index (χ0v) is 10.9. The zero-order chi connectivity index (χ0) is 14.3. The lowest BCUT2D eigenvalue weighted by atomic mass is 10.2. The number of nitro benzene ring substituents is 1. The molecule has 2 N–H and O–H groups in total. The normalized spacial score (nSPS) is 10.0. The van der Waals surface area contributed by atoms with Crippen molar-refractivity contribution in [2.45, 2.75) is 13.3 Å². The molecule has 7 heteroatoms. The minimum Gasteiger partial charge on any atom is -0.496 e. The van der Waals surface area contributed by atoms with Crippen LogP contribution in [0.5, 0.6) is 5.75 Å². The Kier molecular flexibility index (Phi) is 5.74. The molecule has 7 nitrogen and oxygen atoms in total. The average molecular weight is 267 g/mol. The van der Waals surface area contributed by atoms with E-state index in [1.165, 1.54) is 19.2 Å². The van der Waals surface area contributed by atoms with Crippen molar-refractivity contribution in [2.24, 2.45) is 0 Å². The first kappa shape index (κ1) is 14.9. The second-order valence-electron chi connectivity index (χ2n) is 3.87. The van der Waals surface area contributed by atoms with Gasteiger partial charge < -0.3 is 15.4 Å². The van der Waals surface area contributed by atoms with Crippen LogP contribution in [0, 0.1) is 10.1 Å². The topological polar surface area (TPSA) is 93.5 Å². The molecular formula is C12H17N3O4. The van der Waals surface area contributed by atoms with E-state index in [1.807, 2.05) is 6.92 Å². The molecule has 0 aromatic heterocycles. The van der Waals surface area contributed by atoms with Crippen molar-refractivity contribution in [3.63, 3.8) is 0 Å². The van der Waals surface area contributed by atoms with Crippen molar-refractivity contribution in [3.05, 3.63) is 28.3 Å². The summed E-state index contributed by atoms with van der Waals surface area (Å²) >= 11 is 0. The van der Waals surface area contributed by atoms with E-state index >= 15 is 0 Å². The molecule has 1 aromatic carbocycles. The van der Waals surface area contributed by atoms with Gasteiger partial charge in [0.2, 0.25) is 5.91 Å². The lowest BCUT2D eigenvalue weighted by Crippen LogP contribution is -2.28. The van der Waals surface area contributed by atoms with E-state index in [1.54, 1.807) is 6.07 Å². The molecule has 19 heavy (non-hydrogen) atoms. The van der Waals surface area contributed by atoms with Gasteiger partial charge in [0.05, 0.1) is 24.6 Å². The highest BCUT2D eigenvalue weighted by molar-refractivity contribution is 5.94. The van der Waals surface area contributed by atoms with Crippen LogP contribution in [0.25, 0.3) is 0 Å². The summed E-state index contributed by atoms with van der Waals surface area (Å²) in [5.41, 5.74) is -0.0303. The Morgan fingerprint density at radius 3 is 2.79 bits per heavy atom. The number of nitrogens with zero attached hydrogens (tertiary/aromatic N) is 1. The molecule has 1 rings (SSSR count). The maximum Gasteiger partial charge on any atom is 0.296 e. The van der Waals surface area contributed by atoms with E-state index in [0.29, 0.717) is 5.75 Å². The molecule has 0 aliphatic heterocycles. The fourth-order valence-corrected chi connectivity index (χ4v) is 1.47. The van der Waals surface area contributed by atoms with Crippen LogP contribution < -0.4 is 15.4 Å². The molecule has 1 aromatic rings. The van der Waals surface area contributed by atoms with Crippen LogP contribution in [-0.4, -0.2) is 31.0 Å². The summed E-state index contributed by atoms with van der Waals surface area (Å²) in [4.78, 5) is 21.9. The molecule has 0 atom stereocenters. The molecule has 1 amide bonds.